The van der Waals surface area contributed by atoms with Crippen LogP contribution < -0.4 is 14.8 Å². The van der Waals surface area contributed by atoms with Crippen molar-refractivity contribution in [2.75, 3.05) is 19.8 Å². The van der Waals surface area contributed by atoms with Crippen LogP contribution in [0.4, 0.5) is 0 Å². The zero-order valence-corrected chi connectivity index (χ0v) is 17.9. The van der Waals surface area contributed by atoms with Crippen LogP contribution in [-0.2, 0) is 20.7 Å². The summed E-state index contributed by atoms with van der Waals surface area (Å²) in [6, 6.07) is 13.0. The molecule has 1 N–H and O–H groups in total. The molecule has 0 radical (unpaired) electrons. The summed E-state index contributed by atoms with van der Waals surface area (Å²) in [4.78, 5) is 36.8. The fourth-order valence-electron chi connectivity index (χ4n) is 4.05. The van der Waals surface area contributed by atoms with E-state index in [1.54, 1.807) is 18.2 Å². The fraction of sp³-hybridized carbons (Fsp3) is 0.400. The molecule has 0 spiro atoms. The van der Waals surface area contributed by atoms with Gasteiger partial charge in [0.05, 0.1) is 25.7 Å². The van der Waals surface area contributed by atoms with Crippen LogP contribution >= 0.6 is 0 Å². The van der Waals surface area contributed by atoms with E-state index < -0.39 is 5.97 Å². The topological polar surface area (TPSA) is 90.9 Å². The van der Waals surface area contributed by atoms with Crippen LogP contribution in [0.5, 0.6) is 11.5 Å². The second-order valence-corrected chi connectivity index (χ2v) is 8.01. The van der Waals surface area contributed by atoms with E-state index in [2.05, 4.69) is 11.4 Å². The third-order valence-electron chi connectivity index (χ3n) is 5.69. The summed E-state index contributed by atoms with van der Waals surface area (Å²) < 4.78 is 16.2. The van der Waals surface area contributed by atoms with Crippen molar-refractivity contribution >= 4 is 17.7 Å². The Balaban J connectivity index is 1.22. The van der Waals surface area contributed by atoms with Crippen molar-refractivity contribution in [2.45, 2.75) is 44.6 Å². The number of fused-ring (bicyclic) bond motifs is 2. The number of Topliss-reactive ketones (excluding diaryl/α,β-unsaturated/α-hetero) is 1. The molecule has 7 nitrogen and oxygen atoms in total. The molecule has 1 amide bonds. The summed E-state index contributed by atoms with van der Waals surface area (Å²) in [6.45, 7) is 0.758. The van der Waals surface area contributed by atoms with Gasteiger partial charge in [-0.1, -0.05) is 24.3 Å². The van der Waals surface area contributed by atoms with Gasteiger partial charge in [-0.05, 0) is 48.6 Å². The van der Waals surface area contributed by atoms with Crippen LogP contribution in [0.3, 0.4) is 0 Å². The van der Waals surface area contributed by atoms with Crippen molar-refractivity contribution in [3.63, 3.8) is 0 Å². The normalized spacial score (nSPS) is 16.9. The van der Waals surface area contributed by atoms with E-state index in [-0.39, 0.29) is 37.2 Å². The van der Waals surface area contributed by atoms with Gasteiger partial charge in [0.15, 0.2) is 23.9 Å². The summed E-state index contributed by atoms with van der Waals surface area (Å²) in [7, 11) is 0. The molecule has 0 saturated carbocycles. The van der Waals surface area contributed by atoms with Gasteiger partial charge in [0.2, 0.25) is 0 Å². The monoisotopic (exact) mass is 437 g/mol. The van der Waals surface area contributed by atoms with Gasteiger partial charge in [0.1, 0.15) is 0 Å². The third-order valence-corrected chi connectivity index (χ3v) is 5.69. The smallest absolute Gasteiger partial charge is 0.306 e. The maximum absolute atomic E-state index is 12.5. The molecule has 0 bridgehead atoms. The SMILES string of the molecule is O=C(COC(=O)CCC(=O)c1ccc2c(c1)OCCCO2)NC1CCCc2ccccc21. The molecule has 1 heterocycles. The zero-order chi connectivity index (χ0) is 22.3. The second-order valence-electron chi connectivity index (χ2n) is 8.01. The van der Waals surface area contributed by atoms with Crippen LogP contribution in [0.25, 0.3) is 0 Å². The van der Waals surface area contributed by atoms with Crippen molar-refractivity contribution in [3.8, 4) is 11.5 Å². The Morgan fingerprint density at radius 3 is 2.66 bits per heavy atom. The van der Waals surface area contributed by atoms with Crippen LogP contribution in [-0.4, -0.2) is 37.5 Å². The average Bonchev–Trinajstić information content (AvgIpc) is 3.06. The highest BCUT2D eigenvalue weighted by Gasteiger charge is 2.22. The molecule has 2 aromatic carbocycles. The molecule has 2 aliphatic rings. The van der Waals surface area contributed by atoms with E-state index in [0.717, 1.165) is 31.2 Å². The van der Waals surface area contributed by atoms with Crippen LogP contribution in [0, 0.1) is 0 Å². The Labute approximate surface area is 187 Å². The lowest BCUT2D eigenvalue weighted by Gasteiger charge is -2.26. The standard InChI is InChI=1S/C25H27NO6/c27-21(18-9-11-22-23(15-18)31-14-4-13-30-22)10-12-25(29)32-16-24(28)26-20-8-3-6-17-5-1-2-7-19(17)20/h1-2,5,7,9,11,15,20H,3-4,6,8,10,12-14,16H2,(H,26,28). The van der Waals surface area contributed by atoms with Crippen molar-refractivity contribution < 1.29 is 28.6 Å². The fourth-order valence-corrected chi connectivity index (χ4v) is 4.05. The van der Waals surface area contributed by atoms with Crippen molar-refractivity contribution in [2.24, 2.45) is 0 Å². The lowest BCUT2D eigenvalue weighted by Crippen LogP contribution is -2.34. The molecule has 1 atom stereocenters. The number of nitrogens with one attached hydrogen (secondary N) is 1. The molecule has 168 valence electrons. The number of hydrogen-bond acceptors (Lipinski definition) is 6. The Kier molecular flexibility index (Phi) is 7.04. The lowest BCUT2D eigenvalue weighted by atomic mass is 9.88. The summed E-state index contributed by atoms with van der Waals surface area (Å²) in [5, 5.41) is 2.95. The number of aryl methyl sites for hydroxylation is 1. The van der Waals surface area contributed by atoms with Crippen molar-refractivity contribution in [1.29, 1.82) is 0 Å². The second kappa shape index (κ2) is 10.3. The highest BCUT2D eigenvalue weighted by atomic mass is 16.5. The molecule has 2 aromatic rings. The Morgan fingerprint density at radius 1 is 0.969 bits per heavy atom. The van der Waals surface area contributed by atoms with Crippen LogP contribution in [0.2, 0.25) is 0 Å². The van der Waals surface area contributed by atoms with Gasteiger partial charge in [-0.15, -0.1) is 0 Å². The van der Waals surface area contributed by atoms with Crippen LogP contribution in [0.1, 0.15) is 59.6 Å². The highest BCUT2D eigenvalue weighted by Crippen LogP contribution is 2.31. The summed E-state index contributed by atoms with van der Waals surface area (Å²) in [5.41, 5.74) is 2.82. The number of amides is 1. The Bertz CT molecular complexity index is 1000. The third kappa shape index (κ3) is 5.46. The van der Waals surface area contributed by atoms with Gasteiger partial charge in [-0.2, -0.15) is 0 Å². The minimum Gasteiger partial charge on any atom is -0.490 e. The first-order valence-corrected chi connectivity index (χ1v) is 11.1. The minimum absolute atomic E-state index is 0.00387. The van der Waals surface area contributed by atoms with Gasteiger partial charge in [0.25, 0.3) is 5.91 Å². The van der Waals surface area contributed by atoms with Gasteiger partial charge in [-0.25, -0.2) is 0 Å². The van der Waals surface area contributed by atoms with E-state index in [0.29, 0.717) is 30.3 Å². The van der Waals surface area contributed by atoms with Crippen molar-refractivity contribution in [1.82, 2.24) is 5.32 Å². The summed E-state index contributed by atoms with van der Waals surface area (Å²) in [5.74, 6) is 0.0453. The van der Waals surface area contributed by atoms with E-state index in [1.165, 1.54) is 5.56 Å². The molecular formula is C25H27NO6. The predicted molar refractivity (Wildman–Crippen MR) is 117 cm³/mol. The van der Waals surface area contributed by atoms with E-state index in [4.69, 9.17) is 14.2 Å². The highest BCUT2D eigenvalue weighted by molar-refractivity contribution is 5.98. The number of carbonyl (C=O) groups excluding carboxylic acids is 3. The molecule has 1 unspecified atom stereocenters. The molecule has 0 saturated heterocycles. The van der Waals surface area contributed by atoms with E-state index in [1.807, 2.05) is 18.2 Å². The van der Waals surface area contributed by atoms with Gasteiger partial charge in [-0.3, -0.25) is 14.4 Å². The largest absolute Gasteiger partial charge is 0.490 e. The molecule has 0 aromatic heterocycles. The Hall–Kier alpha value is -3.35. The Morgan fingerprint density at radius 2 is 1.78 bits per heavy atom. The number of ketones is 1. The molecular weight excluding hydrogens is 410 g/mol. The molecule has 7 heteroatoms. The molecule has 1 aliphatic heterocycles. The van der Waals surface area contributed by atoms with Gasteiger partial charge in [0, 0.05) is 18.4 Å². The first-order valence-electron chi connectivity index (χ1n) is 11.1. The van der Waals surface area contributed by atoms with E-state index >= 15 is 0 Å². The molecule has 1 aliphatic carbocycles. The first kappa shape index (κ1) is 21.9. The number of esters is 1. The molecule has 4 rings (SSSR count). The quantitative estimate of drug-likeness (QED) is 0.526. The average molecular weight is 437 g/mol. The number of rotatable bonds is 7. The van der Waals surface area contributed by atoms with Crippen LogP contribution in [0.15, 0.2) is 42.5 Å². The summed E-state index contributed by atoms with van der Waals surface area (Å²) >= 11 is 0. The summed E-state index contributed by atoms with van der Waals surface area (Å²) in [6.07, 6.45) is 3.56. The number of benzene rings is 2. The van der Waals surface area contributed by atoms with E-state index in [9.17, 15) is 14.4 Å². The number of hydrogen-bond donors (Lipinski definition) is 1. The van der Waals surface area contributed by atoms with Crippen molar-refractivity contribution in [3.05, 3.63) is 59.2 Å². The molecule has 0 fully saturated rings. The number of carbonyl (C=O) groups is 3. The minimum atomic E-state index is -0.577. The van der Waals surface area contributed by atoms with Gasteiger partial charge >= 0.3 is 5.97 Å². The van der Waals surface area contributed by atoms with Gasteiger partial charge < -0.3 is 19.5 Å². The maximum Gasteiger partial charge on any atom is 0.306 e. The zero-order valence-electron chi connectivity index (χ0n) is 17.9. The maximum atomic E-state index is 12.5. The molecule has 32 heavy (non-hydrogen) atoms. The number of ether oxygens (including phenoxy) is 3. The lowest BCUT2D eigenvalue weighted by molar-refractivity contribution is -0.148. The predicted octanol–water partition coefficient (Wildman–Crippen LogP) is 3.55. The first-order chi connectivity index (χ1) is 15.6.